The Morgan fingerprint density at radius 1 is 1.00 bits per heavy atom. The van der Waals surface area contributed by atoms with Crippen molar-refractivity contribution in [2.45, 2.75) is 11.8 Å². The molecule has 0 amide bonds. The van der Waals surface area contributed by atoms with Crippen molar-refractivity contribution >= 4 is 43.9 Å². The van der Waals surface area contributed by atoms with Gasteiger partial charge in [0.05, 0.1) is 12.1 Å². The highest BCUT2D eigenvalue weighted by atomic mass is 35.5. The number of hydrogen-bond donors (Lipinski definition) is 2. The number of nitrogen functional groups attached to an aromatic ring is 1. The lowest BCUT2D eigenvalue weighted by Crippen LogP contribution is -2.15. The maximum atomic E-state index is 13.0. The smallest absolute Gasteiger partial charge is 0.267 e. The van der Waals surface area contributed by atoms with Gasteiger partial charge in [0, 0.05) is 23.5 Å². The molecule has 0 saturated heterocycles. The van der Waals surface area contributed by atoms with Gasteiger partial charge in [0.15, 0.2) is 4.90 Å². The van der Waals surface area contributed by atoms with Gasteiger partial charge < -0.3 is 10.5 Å². The van der Waals surface area contributed by atoms with Crippen LogP contribution < -0.4 is 15.2 Å². The van der Waals surface area contributed by atoms with Gasteiger partial charge in [-0.2, -0.15) is 0 Å². The number of aryl methyl sites for hydroxylation is 1. The van der Waals surface area contributed by atoms with Crippen LogP contribution in [-0.2, 0) is 10.0 Å². The van der Waals surface area contributed by atoms with Gasteiger partial charge in [-0.25, -0.2) is 18.4 Å². The van der Waals surface area contributed by atoms with Crippen molar-refractivity contribution in [3.63, 3.8) is 0 Å². The van der Waals surface area contributed by atoms with Gasteiger partial charge in [0.1, 0.15) is 5.82 Å². The summed E-state index contributed by atoms with van der Waals surface area (Å²) < 4.78 is 33.6. The van der Waals surface area contributed by atoms with Gasteiger partial charge in [-0.15, -0.1) is 0 Å². The summed E-state index contributed by atoms with van der Waals surface area (Å²) in [6, 6.07) is 14.4. The molecule has 3 N–H and O–H groups in total. The summed E-state index contributed by atoms with van der Waals surface area (Å²) in [6.45, 7) is 1.96. The number of fused-ring (bicyclic) bond motifs is 1. The first kappa shape index (κ1) is 20.9. The molecule has 0 fully saturated rings. The number of pyridine rings is 2. The molecule has 31 heavy (non-hydrogen) atoms. The Labute approximate surface area is 184 Å². The monoisotopic (exact) mass is 454 g/mol. The molecule has 158 valence electrons. The third-order valence-electron chi connectivity index (χ3n) is 4.81. The second-order valence-electron chi connectivity index (χ2n) is 6.97. The maximum Gasteiger partial charge on any atom is 0.267 e. The van der Waals surface area contributed by atoms with Crippen molar-refractivity contribution in [2.75, 3.05) is 17.6 Å². The normalized spacial score (nSPS) is 11.5. The number of halogens is 1. The summed E-state index contributed by atoms with van der Waals surface area (Å²) in [7, 11) is -2.63. The summed E-state index contributed by atoms with van der Waals surface area (Å²) in [4.78, 5) is 7.94. The number of sulfonamides is 1. The van der Waals surface area contributed by atoms with Gasteiger partial charge in [-0.3, -0.25) is 4.72 Å². The van der Waals surface area contributed by atoms with Crippen LogP contribution in [0.1, 0.15) is 5.56 Å². The molecule has 4 aromatic rings. The standard InChI is InChI=1S/C22H19ClN4O3S/c1-13-3-6-18(27-31(28,29)20-9-17(23)12-26-22(20)30-2)10-19(13)15-5-4-14-8-21(24)25-11-16(14)7-15/h3-12,27H,1-2H3,(H2,24,25). The van der Waals surface area contributed by atoms with E-state index in [0.29, 0.717) is 11.5 Å². The van der Waals surface area contributed by atoms with E-state index in [9.17, 15) is 8.42 Å². The fourth-order valence-electron chi connectivity index (χ4n) is 3.29. The molecule has 0 unspecified atom stereocenters. The minimum atomic E-state index is -3.98. The van der Waals surface area contributed by atoms with E-state index in [0.717, 1.165) is 27.5 Å². The zero-order valence-corrected chi connectivity index (χ0v) is 18.3. The lowest BCUT2D eigenvalue weighted by Gasteiger charge is -2.14. The van der Waals surface area contributed by atoms with E-state index >= 15 is 0 Å². The number of rotatable bonds is 5. The van der Waals surface area contributed by atoms with Crippen molar-refractivity contribution in [3.05, 3.63) is 71.5 Å². The Morgan fingerprint density at radius 2 is 1.81 bits per heavy atom. The first-order valence-corrected chi connectivity index (χ1v) is 11.1. The molecule has 0 radical (unpaired) electrons. The van der Waals surface area contributed by atoms with Gasteiger partial charge >= 0.3 is 0 Å². The van der Waals surface area contributed by atoms with Crippen molar-refractivity contribution in [3.8, 4) is 17.0 Å². The molecule has 0 aliphatic carbocycles. The molecule has 2 aromatic heterocycles. The van der Waals surface area contributed by atoms with E-state index in [2.05, 4.69) is 14.7 Å². The molecule has 2 heterocycles. The lowest BCUT2D eigenvalue weighted by molar-refractivity contribution is 0.385. The summed E-state index contributed by atoms with van der Waals surface area (Å²) in [5.41, 5.74) is 8.96. The number of anilines is 2. The van der Waals surface area contributed by atoms with Crippen LogP contribution in [0.2, 0.25) is 5.02 Å². The van der Waals surface area contributed by atoms with Gasteiger partial charge in [0.25, 0.3) is 10.0 Å². The van der Waals surface area contributed by atoms with E-state index in [1.807, 2.05) is 37.3 Å². The zero-order chi connectivity index (χ0) is 22.2. The molecule has 2 aromatic carbocycles. The first-order valence-electron chi connectivity index (χ1n) is 9.25. The molecule has 0 saturated carbocycles. The number of aromatic nitrogens is 2. The molecular formula is C22H19ClN4O3S. The van der Waals surface area contributed by atoms with Crippen molar-refractivity contribution in [2.24, 2.45) is 0 Å². The number of ether oxygens (including phenoxy) is 1. The van der Waals surface area contributed by atoms with Crippen LogP contribution in [0.4, 0.5) is 11.5 Å². The van der Waals surface area contributed by atoms with E-state index < -0.39 is 10.0 Å². The fraction of sp³-hybridized carbons (Fsp3) is 0.0909. The predicted octanol–water partition coefficient (Wildman–Crippen LogP) is 4.65. The van der Waals surface area contributed by atoms with Crippen LogP contribution in [-0.4, -0.2) is 25.5 Å². The number of nitrogens with two attached hydrogens (primary N) is 1. The molecule has 0 atom stereocenters. The molecule has 0 aliphatic rings. The summed E-state index contributed by atoms with van der Waals surface area (Å²) in [5, 5.41) is 2.11. The highest BCUT2D eigenvalue weighted by molar-refractivity contribution is 7.92. The second-order valence-corrected chi connectivity index (χ2v) is 9.05. The topological polar surface area (TPSA) is 107 Å². The van der Waals surface area contributed by atoms with Crippen LogP contribution in [0.15, 0.2) is 65.8 Å². The first-order chi connectivity index (χ1) is 14.8. The van der Waals surface area contributed by atoms with E-state index in [1.54, 1.807) is 18.3 Å². The predicted molar refractivity (Wildman–Crippen MR) is 123 cm³/mol. The van der Waals surface area contributed by atoms with Crippen LogP contribution >= 0.6 is 11.6 Å². The Morgan fingerprint density at radius 3 is 2.58 bits per heavy atom. The Bertz CT molecular complexity index is 1410. The minimum absolute atomic E-state index is 0.0365. The molecule has 0 spiro atoms. The Kier molecular flexibility index (Phi) is 5.43. The molecular weight excluding hydrogens is 436 g/mol. The summed E-state index contributed by atoms with van der Waals surface area (Å²) in [6.07, 6.45) is 3.04. The Hall–Kier alpha value is -3.36. The lowest BCUT2D eigenvalue weighted by atomic mass is 9.98. The average Bonchev–Trinajstić information content (AvgIpc) is 2.74. The largest absolute Gasteiger partial charge is 0.480 e. The van der Waals surface area contributed by atoms with E-state index in [-0.39, 0.29) is 15.8 Å². The zero-order valence-electron chi connectivity index (χ0n) is 16.8. The average molecular weight is 455 g/mol. The SMILES string of the molecule is COc1ncc(Cl)cc1S(=O)(=O)Nc1ccc(C)c(-c2ccc3cc(N)ncc3c2)c1. The van der Waals surface area contributed by atoms with Crippen LogP contribution in [0, 0.1) is 6.92 Å². The molecule has 0 aliphatic heterocycles. The van der Waals surface area contributed by atoms with Gasteiger partial charge in [-0.1, -0.05) is 29.8 Å². The number of nitrogens with one attached hydrogen (secondary N) is 1. The number of benzene rings is 2. The van der Waals surface area contributed by atoms with Crippen molar-refractivity contribution in [1.29, 1.82) is 0 Å². The number of nitrogens with zero attached hydrogens (tertiary/aromatic N) is 2. The molecule has 4 rings (SSSR count). The van der Waals surface area contributed by atoms with Crippen molar-refractivity contribution in [1.82, 2.24) is 9.97 Å². The molecule has 7 nitrogen and oxygen atoms in total. The second kappa shape index (κ2) is 8.05. The van der Waals surface area contributed by atoms with Crippen molar-refractivity contribution < 1.29 is 13.2 Å². The number of hydrogen-bond acceptors (Lipinski definition) is 6. The highest BCUT2D eigenvalue weighted by Crippen LogP contribution is 2.31. The van der Waals surface area contributed by atoms with E-state index in [4.69, 9.17) is 22.1 Å². The fourth-order valence-corrected chi connectivity index (χ4v) is 4.70. The summed E-state index contributed by atoms with van der Waals surface area (Å²) >= 11 is 5.94. The quantitative estimate of drug-likeness (QED) is 0.454. The Balaban J connectivity index is 1.73. The van der Waals surface area contributed by atoms with E-state index in [1.165, 1.54) is 19.4 Å². The minimum Gasteiger partial charge on any atom is -0.480 e. The third-order valence-corrected chi connectivity index (χ3v) is 6.39. The molecule has 9 heteroatoms. The van der Waals surface area contributed by atoms with Crippen LogP contribution in [0.5, 0.6) is 5.88 Å². The van der Waals surface area contributed by atoms with Crippen LogP contribution in [0.25, 0.3) is 21.9 Å². The summed E-state index contributed by atoms with van der Waals surface area (Å²) in [5.74, 6) is 0.421. The maximum absolute atomic E-state index is 13.0. The highest BCUT2D eigenvalue weighted by Gasteiger charge is 2.22. The third kappa shape index (κ3) is 4.26. The van der Waals surface area contributed by atoms with Crippen LogP contribution in [0.3, 0.4) is 0 Å². The molecule has 0 bridgehead atoms. The number of methoxy groups -OCH3 is 1. The van der Waals surface area contributed by atoms with Gasteiger partial charge in [-0.05, 0) is 59.3 Å². The van der Waals surface area contributed by atoms with Gasteiger partial charge in [0.2, 0.25) is 5.88 Å².